The molecular formula is C22H23FN4O3S. The number of carbonyl (C=O) groups is 2. The maximum Gasteiger partial charge on any atom is 0.252 e. The molecule has 3 aromatic rings. The quantitative estimate of drug-likeness (QED) is 0.547. The molecule has 2 atom stereocenters. The van der Waals surface area contributed by atoms with Crippen LogP contribution in [0.25, 0.3) is 10.6 Å². The van der Waals surface area contributed by atoms with Gasteiger partial charge in [-0.3, -0.25) is 14.9 Å². The lowest BCUT2D eigenvalue weighted by molar-refractivity contribution is -0.119. The standard InChI is InChI=1S/C22H23FN4O3S/c1-4-13(2)18(24-19(28)15-6-5-7-17(12-15)30-3)20(29)25-22-27-26-21(31-22)14-8-10-16(23)11-9-14/h5-13,18H,4H2,1-3H3,(H,24,28)(H,25,27,29). The summed E-state index contributed by atoms with van der Waals surface area (Å²) in [6, 6.07) is 11.8. The predicted molar refractivity (Wildman–Crippen MR) is 118 cm³/mol. The summed E-state index contributed by atoms with van der Waals surface area (Å²) in [7, 11) is 1.52. The summed E-state index contributed by atoms with van der Waals surface area (Å²) in [6.07, 6.45) is 0.688. The van der Waals surface area contributed by atoms with Crippen LogP contribution in [0.1, 0.15) is 30.6 Å². The Balaban J connectivity index is 1.73. The van der Waals surface area contributed by atoms with Gasteiger partial charge >= 0.3 is 0 Å². The minimum absolute atomic E-state index is 0.112. The number of aromatic nitrogens is 2. The van der Waals surface area contributed by atoms with Gasteiger partial charge in [0.1, 0.15) is 22.6 Å². The largest absolute Gasteiger partial charge is 0.497 e. The van der Waals surface area contributed by atoms with Crippen LogP contribution in [0.15, 0.2) is 48.5 Å². The van der Waals surface area contributed by atoms with Gasteiger partial charge in [0.15, 0.2) is 0 Å². The number of hydrogen-bond acceptors (Lipinski definition) is 6. The highest BCUT2D eigenvalue weighted by Crippen LogP contribution is 2.26. The zero-order valence-electron chi connectivity index (χ0n) is 17.4. The van der Waals surface area contributed by atoms with E-state index in [4.69, 9.17) is 4.74 Å². The van der Waals surface area contributed by atoms with E-state index in [1.807, 2.05) is 13.8 Å². The van der Waals surface area contributed by atoms with Crippen LogP contribution in [-0.4, -0.2) is 35.2 Å². The van der Waals surface area contributed by atoms with Gasteiger partial charge in [0.2, 0.25) is 11.0 Å². The number of anilines is 1. The Morgan fingerprint density at radius 2 is 1.90 bits per heavy atom. The van der Waals surface area contributed by atoms with Gasteiger partial charge in [-0.25, -0.2) is 4.39 Å². The van der Waals surface area contributed by atoms with Crippen LogP contribution in [0.3, 0.4) is 0 Å². The molecule has 0 aliphatic carbocycles. The number of hydrogen-bond donors (Lipinski definition) is 2. The molecule has 7 nitrogen and oxygen atoms in total. The summed E-state index contributed by atoms with van der Waals surface area (Å²) in [5, 5.41) is 14.4. The van der Waals surface area contributed by atoms with Crippen LogP contribution in [0.2, 0.25) is 0 Å². The van der Waals surface area contributed by atoms with Gasteiger partial charge in [-0.1, -0.05) is 37.7 Å². The van der Waals surface area contributed by atoms with Crippen molar-refractivity contribution >= 4 is 28.3 Å². The molecule has 1 aromatic heterocycles. The third-order valence-electron chi connectivity index (χ3n) is 4.86. The molecule has 0 aliphatic rings. The fourth-order valence-electron chi connectivity index (χ4n) is 2.86. The Bertz CT molecular complexity index is 1050. The van der Waals surface area contributed by atoms with Gasteiger partial charge < -0.3 is 10.1 Å². The smallest absolute Gasteiger partial charge is 0.252 e. The first kappa shape index (κ1) is 22.4. The van der Waals surface area contributed by atoms with E-state index in [1.54, 1.807) is 36.4 Å². The van der Waals surface area contributed by atoms with Crippen molar-refractivity contribution in [3.05, 3.63) is 59.9 Å². The van der Waals surface area contributed by atoms with E-state index < -0.39 is 6.04 Å². The molecule has 0 spiro atoms. The molecule has 31 heavy (non-hydrogen) atoms. The molecule has 0 fully saturated rings. The first-order chi connectivity index (χ1) is 14.9. The number of benzene rings is 2. The summed E-state index contributed by atoms with van der Waals surface area (Å²) >= 11 is 1.17. The summed E-state index contributed by atoms with van der Waals surface area (Å²) in [5.41, 5.74) is 1.10. The molecule has 2 aromatic carbocycles. The molecule has 162 valence electrons. The predicted octanol–water partition coefficient (Wildman–Crippen LogP) is 4.14. The van der Waals surface area contributed by atoms with E-state index in [0.717, 1.165) is 0 Å². The van der Waals surface area contributed by atoms with E-state index in [0.29, 0.717) is 33.4 Å². The molecule has 2 unspecified atom stereocenters. The first-order valence-electron chi connectivity index (χ1n) is 9.76. The number of methoxy groups -OCH3 is 1. The van der Waals surface area contributed by atoms with Gasteiger partial charge in [-0.15, -0.1) is 10.2 Å². The number of carbonyl (C=O) groups excluding carboxylic acids is 2. The zero-order valence-corrected chi connectivity index (χ0v) is 18.2. The number of halogens is 1. The Morgan fingerprint density at radius 1 is 1.16 bits per heavy atom. The number of nitrogens with one attached hydrogen (secondary N) is 2. The maximum absolute atomic E-state index is 13.1. The third-order valence-corrected chi connectivity index (χ3v) is 5.75. The van der Waals surface area contributed by atoms with E-state index in [2.05, 4.69) is 20.8 Å². The number of ether oxygens (including phenoxy) is 1. The van der Waals surface area contributed by atoms with Crippen LogP contribution in [-0.2, 0) is 4.79 Å². The minimum Gasteiger partial charge on any atom is -0.497 e. The lowest BCUT2D eigenvalue weighted by Gasteiger charge is -2.23. The zero-order chi connectivity index (χ0) is 22.4. The third kappa shape index (κ3) is 5.64. The fourth-order valence-corrected chi connectivity index (χ4v) is 3.61. The average Bonchev–Trinajstić information content (AvgIpc) is 3.25. The van der Waals surface area contributed by atoms with Gasteiger partial charge in [0, 0.05) is 11.1 Å². The van der Waals surface area contributed by atoms with Crippen LogP contribution >= 0.6 is 11.3 Å². The number of nitrogens with zero attached hydrogens (tertiary/aromatic N) is 2. The molecule has 0 aliphatic heterocycles. The Hall–Kier alpha value is -3.33. The summed E-state index contributed by atoms with van der Waals surface area (Å²) < 4.78 is 18.3. The molecule has 0 radical (unpaired) electrons. The van der Waals surface area contributed by atoms with Gasteiger partial charge in [0.05, 0.1) is 7.11 Å². The Kier molecular flexibility index (Phi) is 7.30. The van der Waals surface area contributed by atoms with E-state index >= 15 is 0 Å². The molecule has 1 heterocycles. The first-order valence-corrected chi connectivity index (χ1v) is 10.6. The molecule has 3 rings (SSSR count). The van der Waals surface area contributed by atoms with Crippen molar-refractivity contribution in [1.82, 2.24) is 15.5 Å². The average molecular weight is 443 g/mol. The summed E-state index contributed by atoms with van der Waals surface area (Å²) in [6.45, 7) is 3.83. The van der Waals surface area contributed by atoms with Crippen molar-refractivity contribution < 1.29 is 18.7 Å². The normalized spacial score (nSPS) is 12.6. The van der Waals surface area contributed by atoms with E-state index in [1.165, 1.54) is 30.6 Å². The van der Waals surface area contributed by atoms with Crippen molar-refractivity contribution in [2.75, 3.05) is 12.4 Å². The number of amides is 2. The molecule has 9 heteroatoms. The Labute approximate surface area is 183 Å². The van der Waals surface area contributed by atoms with Crippen molar-refractivity contribution in [2.45, 2.75) is 26.3 Å². The van der Waals surface area contributed by atoms with Crippen LogP contribution < -0.4 is 15.4 Å². The second kappa shape index (κ2) is 10.1. The van der Waals surface area contributed by atoms with Crippen molar-refractivity contribution in [2.24, 2.45) is 5.92 Å². The SMILES string of the molecule is CCC(C)C(NC(=O)c1cccc(OC)c1)C(=O)Nc1nnc(-c2ccc(F)cc2)s1. The maximum atomic E-state index is 13.1. The fraction of sp³-hybridized carbons (Fsp3) is 0.273. The van der Waals surface area contributed by atoms with Gasteiger partial charge in [-0.05, 0) is 48.4 Å². The van der Waals surface area contributed by atoms with Gasteiger partial charge in [-0.2, -0.15) is 0 Å². The van der Waals surface area contributed by atoms with Crippen LogP contribution in [0.4, 0.5) is 9.52 Å². The van der Waals surface area contributed by atoms with E-state index in [9.17, 15) is 14.0 Å². The summed E-state index contributed by atoms with van der Waals surface area (Å²) in [4.78, 5) is 25.6. The lowest BCUT2D eigenvalue weighted by Crippen LogP contribution is -2.47. The van der Waals surface area contributed by atoms with Crippen molar-refractivity contribution in [3.8, 4) is 16.3 Å². The lowest BCUT2D eigenvalue weighted by atomic mass is 9.98. The topological polar surface area (TPSA) is 93.2 Å². The second-order valence-corrected chi connectivity index (χ2v) is 7.95. The van der Waals surface area contributed by atoms with Crippen molar-refractivity contribution in [3.63, 3.8) is 0 Å². The molecule has 0 bridgehead atoms. The second-order valence-electron chi connectivity index (χ2n) is 6.98. The molecule has 2 amide bonds. The minimum atomic E-state index is -0.762. The van der Waals surface area contributed by atoms with Crippen LogP contribution in [0, 0.1) is 11.7 Å². The van der Waals surface area contributed by atoms with Gasteiger partial charge in [0.25, 0.3) is 5.91 Å². The van der Waals surface area contributed by atoms with E-state index in [-0.39, 0.29) is 23.5 Å². The highest BCUT2D eigenvalue weighted by Gasteiger charge is 2.27. The van der Waals surface area contributed by atoms with Crippen LogP contribution in [0.5, 0.6) is 5.75 Å². The Morgan fingerprint density at radius 3 is 2.58 bits per heavy atom. The summed E-state index contributed by atoms with van der Waals surface area (Å²) in [5.74, 6) is -0.653. The van der Waals surface area contributed by atoms with Crippen molar-refractivity contribution in [1.29, 1.82) is 0 Å². The molecular weight excluding hydrogens is 419 g/mol. The molecule has 0 saturated carbocycles. The molecule has 0 saturated heterocycles. The molecule has 2 N–H and O–H groups in total. The number of rotatable bonds is 8. The monoisotopic (exact) mass is 442 g/mol. The highest BCUT2D eigenvalue weighted by molar-refractivity contribution is 7.18. The highest BCUT2D eigenvalue weighted by atomic mass is 32.1.